The van der Waals surface area contributed by atoms with Crippen LogP contribution in [0.3, 0.4) is 0 Å². The van der Waals surface area contributed by atoms with Gasteiger partial charge in [0.15, 0.2) is 0 Å². The molecule has 5 nitrogen and oxygen atoms in total. The lowest BCUT2D eigenvalue weighted by atomic mass is 9.82. The minimum absolute atomic E-state index is 0.257. The molecular weight excluding hydrogens is 386 g/mol. The van der Waals surface area contributed by atoms with Crippen LogP contribution in [0.5, 0.6) is 0 Å². The second-order valence-electron chi connectivity index (χ2n) is 9.79. The molecule has 0 aliphatic carbocycles. The summed E-state index contributed by atoms with van der Waals surface area (Å²) in [5, 5.41) is 1.22. The molecule has 3 aromatic rings. The molecule has 2 fully saturated rings. The number of hydrogen-bond donors (Lipinski definition) is 0. The Morgan fingerprint density at radius 2 is 1.71 bits per heavy atom. The molecule has 6 rings (SSSR count). The van der Waals surface area contributed by atoms with E-state index >= 15 is 0 Å². The van der Waals surface area contributed by atoms with Gasteiger partial charge in [0.05, 0.1) is 6.26 Å². The largest absolute Gasteiger partial charge is 0.464 e. The van der Waals surface area contributed by atoms with Gasteiger partial charge in [-0.3, -0.25) is 14.6 Å². The van der Waals surface area contributed by atoms with E-state index < -0.39 is 0 Å². The summed E-state index contributed by atoms with van der Waals surface area (Å²) in [6, 6.07) is 12.7. The fourth-order valence-electron chi connectivity index (χ4n) is 6.09. The number of fused-ring (bicyclic) bond motifs is 5. The number of benzene rings is 1. The van der Waals surface area contributed by atoms with Gasteiger partial charge in [-0.1, -0.05) is 30.7 Å². The molecule has 3 aliphatic heterocycles. The molecule has 2 saturated heterocycles. The van der Waals surface area contributed by atoms with E-state index in [9.17, 15) is 4.79 Å². The highest BCUT2D eigenvalue weighted by Crippen LogP contribution is 2.36. The van der Waals surface area contributed by atoms with Gasteiger partial charge in [-0.2, -0.15) is 0 Å². The van der Waals surface area contributed by atoms with E-state index in [1.165, 1.54) is 42.3 Å². The summed E-state index contributed by atoms with van der Waals surface area (Å²) in [5.41, 5.74) is 4.71. The highest BCUT2D eigenvalue weighted by atomic mass is 16.3. The van der Waals surface area contributed by atoms with Crippen molar-refractivity contribution in [3.05, 3.63) is 69.8 Å². The molecule has 2 bridgehead atoms. The van der Waals surface area contributed by atoms with Crippen LogP contribution < -0.4 is 5.56 Å². The average Bonchev–Trinajstić information content (AvgIpc) is 3.20. The molecule has 0 unspecified atom stereocenters. The smallest absolute Gasteiger partial charge is 0.255 e. The molecule has 0 saturated carbocycles. The SMILES string of the molecule is O=c1c(CN2CCCCC2)ccc2n1C[C@H]1C[C@@H]2CN(Cc2coc3ccccc23)C1. The Balaban J connectivity index is 1.22. The van der Waals surface area contributed by atoms with Crippen molar-refractivity contribution in [1.29, 1.82) is 0 Å². The quantitative estimate of drug-likeness (QED) is 0.638. The fourth-order valence-corrected chi connectivity index (χ4v) is 6.09. The third kappa shape index (κ3) is 3.64. The second-order valence-corrected chi connectivity index (χ2v) is 9.79. The summed E-state index contributed by atoms with van der Waals surface area (Å²) in [6.45, 7) is 6.92. The van der Waals surface area contributed by atoms with E-state index in [2.05, 4.69) is 38.6 Å². The first-order chi connectivity index (χ1) is 15.2. The first-order valence-corrected chi connectivity index (χ1v) is 11.9. The standard InChI is InChI=1S/C26H31N3O2/c30-26-20(15-27-10-4-1-5-11-27)8-9-24-21-12-19(14-29(24)26)13-28(16-21)17-22-18-31-25-7-3-2-6-23(22)25/h2-3,6-9,18-19,21H,1,4-5,10-17H2/t19-,21+/m0/s1. The molecule has 0 radical (unpaired) electrons. The maximum absolute atomic E-state index is 13.3. The summed E-state index contributed by atoms with van der Waals surface area (Å²) >= 11 is 0. The lowest BCUT2D eigenvalue weighted by molar-refractivity contribution is 0.114. The minimum atomic E-state index is 0.257. The van der Waals surface area contributed by atoms with Crippen LogP contribution in [-0.2, 0) is 19.6 Å². The van der Waals surface area contributed by atoms with Crippen LogP contribution in [0.1, 0.15) is 48.4 Å². The Morgan fingerprint density at radius 1 is 0.871 bits per heavy atom. The van der Waals surface area contributed by atoms with Gasteiger partial charge in [-0.05, 0) is 50.4 Å². The molecule has 5 heterocycles. The van der Waals surface area contributed by atoms with Crippen LogP contribution in [0.25, 0.3) is 11.0 Å². The molecule has 0 amide bonds. The van der Waals surface area contributed by atoms with Crippen LogP contribution in [-0.4, -0.2) is 40.5 Å². The fraction of sp³-hybridized carbons (Fsp3) is 0.500. The molecule has 1 aromatic carbocycles. The van der Waals surface area contributed by atoms with Gasteiger partial charge >= 0.3 is 0 Å². The predicted octanol–water partition coefficient (Wildman–Crippen LogP) is 4.20. The van der Waals surface area contributed by atoms with E-state index in [0.717, 1.165) is 57.0 Å². The molecular formula is C26H31N3O2. The van der Waals surface area contributed by atoms with Gasteiger partial charge in [0, 0.05) is 60.8 Å². The van der Waals surface area contributed by atoms with E-state index in [-0.39, 0.29) is 5.56 Å². The Kier molecular flexibility index (Phi) is 4.96. The predicted molar refractivity (Wildman–Crippen MR) is 122 cm³/mol. The highest BCUT2D eigenvalue weighted by molar-refractivity contribution is 5.80. The van der Waals surface area contributed by atoms with Crippen molar-refractivity contribution < 1.29 is 4.42 Å². The van der Waals surface area contributed by atoms with Crippen molar-refractivity contribution in [2.24, 2.45) is 5.92 Å². The lowest BCUT2D eigenvalue weighted by Gasteiger charge is -2.43. The second kappa shape index (κ2) is 7.95. The third-order valence-electron chi connectivity index (χ3n) is 7.56. The summed E-state index contributed by atoms with van der Waals surface area (Å²) in [4.78, 5) is 18.3. The number of pyridine rings is 1. The summed E-state index contributed by atoms with van der Waals surface area (Å²) < 4.78 is 7.87. The zero-order chi connectivity index (χ0) is 20.8. The average molecular weight is 418 g/mol. The molecule has 3 aliphatic rings. The van der Waals surface area contributed by atoms with Crippen LogP contribution in [0, 0.1) is 5.92 Å². The monoisotopic (exact) mass is 417 g/mol. The van der Waals surface area contributed by atoms with Crippen molar-refractivity contribution in [3.63, 3.8) is 0 Å². The van der Waals surface area contributed by atoms with E-state index in [0.29, 0.717) is 11.8 Å². The van der Waals surface area contributed by atoms with Crippen molar-refractivity contribution in [2.45, 2.75) is 51.2 Å². The van der Waals surface area contributed by atoms with E-state index in [4.69, 9.17) is 4.42 Å². The molecule has 0 spiro atoms. The van der Waals surface area contributed by atoms with Crippen molar-refractivity contribution in [3.8, 4) is 0 Å². The number of aromatic nitrogens is 1. The topological polar surface area (TPSA) is 41.6 Å². The molecule has 2 aromatic heterocycles. The van der Waals surface area contributed by atoms with Crippen LogP contribution in [0.4, 0.5) is 0 Å². The molecule has 0 N–H and O–H groups in total. The maximum atomic E-state index is 13.3. The first kappa shape index (κ1) is 19.3. The lowest BCUT2D eigenvalue weighted by Crippen LogP contribution is -2.47. The van der Waals surface area contributed by atoms with Gasteiger partial charge in [-0.25, -0.2) is 0 Å². The normalized spacial score (nSPS) is 24.4. The van der Waals surface area contributed by atoms with Crippen molar-refractivity contribution >= 4 is 11.0 Å². The Labute approximate surface area is 183 Å². The Bertz CT molecular complexity index is 1140. The third-order valence-corrected chi connectivity index (χ3v) is 7.56. The number of rotatable bonds is 4. The number of furan rings is 1. The molecule has 31 heavy (non-hydrogen) atoms. The number of hydrogen-bond acceptors (Lipinski definition) is 4. The Morgan fingerprint density at radius 3 is 2.61 bits per heavy atom. The van der Waals surface area contributed by atoms with Gasteiger partial charge < -0.3 is 8.98 Å². The van der Waals surface area contributed by atoms with Gasteiger partial charge in [0.2, 0.25) is 0 Å². The van der Waals surface area contributed by atoms with E-state index in [1.54, 1.807) is 0 Å². The minimum Gasteiger partial charge on any atom is -0.464 e. The number of para-hydroxylation sites is 1. The number of piperidine rings is 2. The van der Waals surface area contributed by atoms with Gasteiger partial charge in [0.1, 0.15) is 5.58 Å². The van der Waals surface area contributed by atoms with Crippen LogP contribution in [0.2, 0.25) is 0 Å². The molecule has 5 heteroatoms. The van der Waals surface area contributed by atoms with Crippen molar-refractivity contribution in [1.82, 2.24) is 14.4 Å². The molecule has 2 atom stereocenters. The summed E-state index contributed by atoms with van der Waals surface area (Å²) in [7, 11) is 0. The zero-order valence-electron chi connectivity index (χ0n) is 18.1. The van der Waals surface area contributed by atoms with Crippen LogP contribution >= 0.6 is 0 Å². The van der Waals surface area contributed by atoms with Gasteiger partial charge in [-0.15, -0.1) is 0 Å². The van der Waals surface area contributed by atoms with E-state index in [1.807, 2.05) is 18.4 Å². The van der Waals surface area contributed by atoms with Crippen LogP contribution in [0.15, 0.2) is 51.9 Å². The maximum Gasteiger partial charge on any atom is 0.255 e. The van der Waals surface area contributed by atoms with Gasteiger partial charge in [0.25, 0.3) is 5.56 Å². The van der Waals surface area contributed by atoms with Crippen molar-refractivity contribution in [2.75, 3.05) is 26.2 Å². The Hall–Kier alpha value is -2.37. The number of likely N-dealkylation sites (tertiary alicyclic amines) is 2. The summed E-state index contributed by atoms with van der Waals surface area (Å²) in [5.74, 6) is 0.995. The highest BCUT2D eigenvalue weighted by Gasteiger charge is 2.35. The zero-order valence-corrected chi connectivity index (χ0v) is 18.1. The molecule has 162 valence electrons. The number of nitrogens with zero attached hydrogens (tertiary/aromatic N) is 3. The first-order valence-electron chi connectivity index (χ1n) is 11.9. The summed E-state index contributed by atoms with van der Waals surface area (Å²) in [6.07, 6.45) is 6.97.